The first-order valence-electron chi connectivity index (χ1n) is 6.59. The number of carbonyl (C=O) groups excluding carboxylic acids is 1. The first kappa shape index (κ1) is 13.0. The molecule has 1 unspecified atom stereocenters. The van der Waals surface area contributed by atoms with Crippen LogP contribution >= 0.6 is 0 Å². The summed E-state index contributed by atoms with van der Waals surface area (Å²) in [7, 11) is 0. The Morgan fingerprint density at radius 3 is 2.83 bits per heavy atom. The van der Waals surface area contributed by atoms with Crippen molar-refractivity contribution in [1.82, 2.24) is 5.32 Å². The summed E-state index contributed by atoms with van der Waals surface area (Å²) in [6.07, 6.45) is 2.41. The molecule has 0 radical (unpaired) electrons. The van der Waals surface area contributed by atoms with Crippen molar-refractivity contribution in [2.45, 2.75) is 25.8 Å². The summed E-state index contributed by atoms with van der Waals surface area (Å²) >= 11 is 0. The lowest BCUT2D eigenvalue weighted by molar-refractivity contribution is -0.909. The van der Waals surface area contributed by atoms with E-state index in [2.05, 4.69) is 12.2 Å². The fourth-order valence-electron chi connectivity index (χ4n) is 2.61. The molecule has 0 aromatic heterocycles. The Kier molecular flexibility index (Phi) is 4.31. The molecule has 1 amide bonds. The van der Waals surface area contributed by atoms with Crippen LogP contribution in [0.3, 0.4) is 0 Å². The van der Waals surface area contributed by atoms with Crippen LogP contribution in [0.15, 0.2) is 24.3 Å². The SMILES string of the molecule is CC[NH+]1CCC[C@H]1CNC(=O)c1ccc(F)cc1. The quantitative estimate of drug-likeness (QED) is 0.808. The highest BCUT2D eigenvalue weighted by molar-refractivity contribution is 5.94. The standard InChI is InChI=1S/C14H19FN2O/c1-2-17-9-3-4-13(17)10-16-14(18)11-5-7-12(15)8-6-11/h5-8,13H,2-4,9-10H2,1H3,(H,16,18)/p+1/t13-/m0/s1. The van der Waals surface area contributed by atoms with Gasteiger partial charge in [-0.05, 0) is 31.2 Å². The Labute approximate surface area is 107 Å². The lowest BCUT2D eigenvalue weighted by Gasteiger charge is -2.20. The molecule has 1 aromatic carbocycles. The fraction of sp³-hybridized carbons (Fsp3) is 0.500. The van der Waals surface area contributed by atoms with Crippen LogP contribution in [0.5, 0.6) is 0 Å². The molecule has 2 atom stereocenters. The summed E-state index contributed by atoms with van der Waals surface area (Å²) in [6, 6.07) is 6.19. The summed E-state index contributed by atoms with van der Waals surface area (Å²) in [5, 5.41) is 2.94. The molecule has 18 heavy (non-hydrogen) atoms. The number of likely N-dealkylation sites (tertiary alicyclic amines) is 1. The summed E-state index contributed by atoms with van der Waals surface area (Å²) in [6.45, 7) is 5.19. The number of rotatable bonds is 4. The minimum Gasteiger partial charge on any atom is -0.346 e. The van der Waals surface area contributed by atoms with Crippen LogP contribution in [0.2, 0.25) is 0 Å². The van der Waals surface area contributed by atoms with Crippen molar-refractivity contribution < 1.29 is 14.1 Å². The largest absolute Gasteiger partial charge is 0.346 e. The zero-order valence-corrected chi connectivity index (χ0v) is 10.7. The van der Waals surface area contributed by atoms with Gasteiger partial charge in [-0.25, -0.2) is 4.39 Å². The van der Waals surface area contributed by atoms with E-state index in [1.807, 2.05) is 0 Å². The minimum atomic E-state index is -0.316. The molecule has 1 saturated heterocycles. The number of quaternary nitrogens is 1. The molecule has 1 aliphatic rings. The van der Waals surface area contributed by atoms with Gasteiger partial charge in [-0.15, -0.1) is 0 Å². The van der Waals surface area contributed by atoms with Crippen molar-refractivity contribution in [2.75, 3.05) is 19.6 Å². The highest BCUT2D eigenvalue weighted by atomic mass is 19.1. The van der Waals surface area contributed by atoms with Crippen molar-refractivity contribution in [3.63, 3.8) is 0 Å². The average molecular weight is 251 g/mol. The van der Waals surface area contributed by atoms with E-state index in [1.165, 1.54) is 43.7 Å². The predicted octanol–water partition coefficient (Wildman–Crippen LogP) is 0.623. The maximum atomic E-state index is 12.7. The van der Waals surface area contributed by atoms with Crippen LogP contribution in [0.25, 0.3) is 0 Å². The second-order valence-corrected chi connectivity index (χ2v) is 4.82. The van der Waals surface area contributed by atoms with Crippen LogP contribution in [0.4, 0.5) is 4.39 Å². The number of amides is 1. The van der Waals surface area contributed by atoms with Crippen molar-refractivity contribution in [3.8, 4) is 0 Å². The summed E-state index contributed by atoms with van der Waals surface area (Å²) in [5.41, 5.74) is 0.521. The Bertz CT molecular complexity index is 405. The van der Waals surface area contributed by atoms with E-state index >= 15 is 0 Å². The second kappa shape index (κ2) is 5.96. The Morgan fingerprint density at radius 1 is 1.44 bits per heavy atom. The molecule has 1 aliphatic heterocycles. The number of benzene rings is 1. The number of hydrogen-bond acceptors (Lipinski definition) is 1. The molecule has 1 fully saturated rings. The van der Waals surface area contributed by atoms with Gasteiger partial charge in [0.2, 0.25) is 0 Å². The monoisotopic (exact) mass is 251 g/mol. The van der Waals surface area contributed by atoms with Crippen LogP contribution in [-0.4, -0.2) is 31.6 Å². The third-order valence-electron chi connectivity index (χ3n) is 3.70. The van der Waals surface area contributed by atoms with E-state index in [4.69, 9.17) is 0 Å². The van der Waals surface area contributed by atoms with E-state index in [9.17, 15) is 9.18 Å². The molecule has 3 nitrogen and oxygen atoms in total. The topological polar surface area (TPSA) is 33.5 Å². The summed E-state index contributed by atoms with van der Waals surface area (Å²) in [5.74, 6) is -0.429. The third-order valence-corrected chi connectivity index (χ3v) is 3.70. The van der Waals surface area contributed by atoms with Crippen molar-refractivity contribution in [2.24, 2.45) is 0 Å². The van der Waals surface area contributed by atoms with Gasteiger partial charge in [0, 0.05) is 18.4 Å². The van der Waals surface area contributed by atoms with Crippen LogP contribution in [-0.2, 0) is 0 Å². The van der Waals surface area contributed by atoms with E-state index in [-0.39, 0.29) is 11.7 Å². The lowest BCUT2D eigenvalue weighted by Crippen LogP contribution is -3.14. The molecule has 98 valence electrons. The van der Waals surface area contributed by atoms with Crippen molar-refractivity contribution >= 4 is 5.91 Å². The molecule has 0 aliphatic carbocycles. The van der Waals surface area contributed by atoms with Gasteiger partial charge in [0.1, 0.15) is 11.9 Å². The normalized spacial score (nSPS) is 23.0. The average Bonchev–Trinajstić information content (AvgIpc) is 2.84. The third kappa shape index (κ3) is 3.07. The van der Waals surface area contributed by atoms with Crippen molar-refractivity contribution in [3.05, 3.63) is 35.6 Å². The Hall–Kier alpha value is -1.42. The molecule has 2 N–H and O–H groups in total. The maximum absolute atomic E-state index is 12.7. The molecule has 0 spiro atoms. The number of nitrogens with one attached hydrogen (secondary N) is 2. The molecule has 4 heteroatoms. The summed E-state index contributed by atoms with van der Waals surface area (Å²) in [4.78, 5) is 13.4. The van der Waals surface area contributed by atoms with Crippen LogP contribution in [0.1, 0.15) is 30.1 Å². The molecule has 0 bridgehead atoms. The number of halogens is 1. The van der Waals surface area contributed by atoms with Gasteiger partial charge in [-0.2, -0.15) is 0 Å². The highest BCUT2D eigenvalue weighted by Crippen LogP contribution is 2.03. The molecule has 1 heterocycles. The Balaban J connectivity index is 1.86. The first-order valence-corrected chi connectivity index (χ1v) is 6.59. The molecule has 1 aromatic rings. The van der Waals surface area contributed by atoms with Crippen LogP contribution < -0.4 is 10.2 Å². The van der Waals surface area contributed by atoms with E-state index in [0.717, 1.165) is 6.54 Å². The fourth-order valence-corrected chi connectivity index (χ4v) is 2.61. The van der Waals surface area contributed by atoms with Gasteiger partial charge in [0.25, 0.3) is 5.91 Å². The molecular weight excluding hydrogens is 231 g/mol. The molecule has 2 rings (SSSR count). The zero-order valence-electron chi connectivity index (χ0n) is 10.7. The van der Waals surface area contributed by atoms with Gasteiger partial charge < -0.3 is 10.2 Å². The number of likely N-dealkylation sites (N-methyl/N-ethyl adjacent to an activating group) is 1. The van der Waals surface area contributed by atoms with Crippen LogP contribution in [0, 0.1) is 5.82 Å². The van der Waals surface area contributed by atoms with Gasteiger partial charge in [0.05, 0.1) is 19.6 Å². The highest BCUT2D eigenvalue weighted by Gasteiger charge is 2.27. The smallest absolute Gasteiger partial charge is 0.251 e. The second-order valence-electron chi connectivity index (χ2n) is 4.82. The minimum absolute atomic E-state index is 0.114. The number of hydrogen-bond donors (Lipinski definition) is 2. The molecular formula is C14H20FN2O+. The van der Waals surface area contributed by atoms with Gasteiger partial charge in [0.15, 0.2) is 0 Å². The van der Waals surface area contributed by atoms with Gasteiger partial charge in [-0.1, -0.05) is 0 Å². The van der Waals surface area contributed by atoms with E-state index in [1.54, 1.807) is 4.90 Å². The first-order chi connectivity index (χ1) is 8.70. The molecule has 0 saturated carbocycles. The van der Waals surface area contributed by atoms with Gasteiger partial charge in [-0.3, -0.25) is 4.79 Å². The van der Waals surface area contributed by atoms with Gasteiger partial charge >= 0.3 is 0 Å². The predicted molar refractivity (Wildman–Crippen MR) is 68.1 cm³/mol. The Morgan fingerprint density at radius 2 is 2.17 bits per heavy atom. The van der Waals surface area contributed by atoms with Crippen molar-refractivity contribution in [1.29, 1.82) is 0 Å². The lowest BCUT2D eigenvalue weighted by atomic mass is 10.2. The maximum Gasteiger partial charge on any atom is 0.251 e. The van der Waals surface area contributed by atoms with E-state index < -0.39 is 0 Å². The number of carbonyl (C=O) groups is 1. The summed E-state index contributed by atoms with van der Waals surface area (Å²) < 4.78 is 12.7. The van der Waals surface area contributed by atoms with E-state index in [0.29, 0.717) is 18.2 Å². The zero-order chi connectivity index (χ0) is 13.0.